The third kappa shape index (κ3) is 4.61. The van der Waals surface area contributed by atoms with Gasteiger partial charge >= 0.3 is 0 Å². The molecule has 0 atom stereocenters. The molecular weight excluding hydrogens is 464 g/mol. The van der Waals surface area contributed by atoms with Crippen LogP contribution in [0.4, 0.5) is 17.3 Å². The first-order valence-electron chi connectivity index (χ1n) is 11.1. The van der Waals surface area contributed by atoms with Crippen molar-refractivity contribution in [3.8, 4) is 5.69 Å². The molecule has 9 heteroatoms. The SMILES string of the molecule is Cc1ccn(-c2ccc(NC(=O)c3ccc(Cl)cc3)cc2)c(=O)c1N1CCc2nc(N)ncc2C1. The van der Waals surface area contributed by atoms with Gasteiger partial charge in [0.05, 0.1) is 5.69 Å². The number of aromatic nitrogens is 3. The molecule has 0 unspecified atom stereocenters. The highest BCUT2D eigenvalue weighted by molar-refractivity contribution is 6.30. The summed E-state index contributed by atoms with van der Waals surface area (Å²) in [4.78, 5) is 36.5. The third-order valence-electron chi connectivity index (χ3n) is 6.05. The Balaban J connectivity index is 1.38. The first-order valence-corrected chi connectivity index (χ1v) is 11.5. The number of fused-ring (bicyclic) bond motifs is 1. The quantitative estimate of drug-likeness (QED) is 0.452. The Morgan fingerprint density at radius 1 is 1.09 bits per heavy atom. The summed E-state index contributed by atoms with van der Waals surface area (Å²) in [6.45, 7) is 3.15. The van der Waals surface area contributed by atoms with Crippen LogP contribution in [0.1, 0.15) is 27.2 Å². The smallest absolute Gasteiger partial charge is 0.278 e. The second-order valence-corrected chi connectivity index (χ2v) is 8.84. The zero-order valence-corrected chi connectivity index (χ0v) is 19.8. The summed E-state index contributed by atoms with van der Waals surface area (Å²) in [7, 11) is 0. The van der Waals surface area contributed by atoms with Gasteiger partial charge in [-0.1, -0.05) is 11.6 Å². The summed E-state index contributed by atoms with van der Waals surface area (Å²) in [5.41, 5.74) is 10.9. The average molecular weight is 487 g/mol. The molecule has 0 saturated heterocycles. The van der Waals surface area contributed by atoms with Gasteiger partial charge in [0.1, 0.15) is 5.69 Å². The summed E-state index contributed by atoms with van der Waals surface area (Å²) in [6.07, 6.45) is 4.19. The van der Waals surface area contributed by atoms with E-state index in [4.69, 9.17) is 17.3 Å². The molecule has 5 rings (SSSR count). The van der Waals surface area contributed by atoms with Crippen LogP contribution >= 0.6 is 11.6 Å². The van der Waals surface area contributed by atoms with Crippen molar-refractivity contribution in [3.05, 3.63) is 105 Å². The van der Waals surface area contributed by atoms with Crippen LogP contribution in [0.3, 0.4) is 0 Å². The molecule has 0 aliphatic carbocycles. The number of halogens is 1. The van der Waals surface area contributed by atoms with Crippen molar-refractivity contribution >= 4 is 34.8 Å². The minimum absolute atomic E-state index is 0.109. The first kappa shape index (κ1) is 22.6. The number of nitrogens with two attached hydrogens (primary N) is 1. The summed E-state index contributed by atoms with van der Waals surface area (Å²) >= 11 is 5.89. The normalized spacial score (nSPS) is 12.8. The number of amides is 1. The molecule has 8 nitrogen and oxygen atoms in total. The van der Waals surface area contributed by atoms with Crippen molar-refractivity contribution < 1.29 is 4.79 Å². The Kier molecular flexibility index (Phi) is 5.96. The molecule has 1 amide bonds. The number of anilines is 3. The fourth-order valence-electron chi connectivity index (χ4n) is 4.24. The highest BCUT2D eigenvalue weighted by atomic mass is 35.5. The van der Waals surface area contributed by atoms with E-state index in [0.717, 1.165) is 16.8 Å². The van der Waals surface area contributed by atoms with Gasteiger partial charge in [0, 0.05) is 59.4 Å². The van der Waals surface area contributed by atoms with Crippen molar-refractivity contribution in [1.29, 1.82) is 0 Å². The highest BCUT2D eigenvalue weighted by Gasteiger charge is 2.22. The number of carbonyl (C=O) groups is 1. The Morgan fingerprint density at radius 3 is 2.57 bits per heavy atom. The fourth-order valence-corrected chi connectivity index (χ4v) is 4.36. The summed E-state index contributed by atoms with van der Waals surface area (Å²) in [6, 6.07) is 15.8. The van der Waals surface area contributed by atoms with Gasteiger partial charge in [0.15, 0.2) is 0 Å². The molecule has 1 aliphatic rings. The van der Waals surface area contributed by atoms with Gasteiger partial charge in [-0.05, 0) is 67.1 Å². The second kappa shape index (κ2) is 9.23. The van der Waals surface area contributed by atoms with Crippen molar-refractivity contribution in [2.24, 2.45) is 0 Å². The van der Waals surface area contributed by atoms with Gasteiger partial charge in [-0.15, -0.1) is 0 Å². The van der Waals surface area contributed by atoms with E-state index in [1.807, 2.05) is 13.0 Å². The van der Waals surface area contributed by atoms with Crippen LogP contribution in [0, 0.1) is 6.92 Å². The lowest BCUT2D eigenvalue weighted by Gasteiger charge is -2.30. The van der Waals surface area contributed by atoms with Gasteiger partial charge < -0.3 is 16.0 Å². The van der Waals surface area contributed by atoms with Crippen molar-refractivity contribution in [2.75, 3.05) is 22.5 Å². The lowest BCUT2D eigenvalue weighted by atomic mass is 10.1. The fraction of sp³-hybridized carbons (Fsp3) is 0.154. The zero-order chi connectivity index (χ0) is 24.5. The molecule has 4 aromatic rings. The molecular formula is C26H23ClN6O2. The maximum atomic E-state index is 13.5. The number of aryl methyl sites for hydroxylation is 1. The molecule has 35 heavy (non-hydrogen) atoms. The molecule has 3 N–H and O–H groups in total. The molecule has 2 aromatic heterocycles. The van der Waals surface area contributed by atoms with Gasteiger partial charge in [0.25, 0.3) is 11.5 Å². The maximum absolute atomic E-state index is 13.5. The number of pyridine rings is 1. The Labute approximate surface area is 207 Å². The lowest BCUT2D eigenvalue weighted by molar-refractivity contribution is 0.102. The minimum atomic E-state index is -0.236. The van der Waals surface area contributed by atoms with Gasteiger partial charge in [0.2, 0.25) is 5.95 Å². The third-order valence-corrected chi connectivity index (χ3v) is 6.30. The average Bonchev–Trinajstić information content (AvgIpc) is 2.85. The molecule has 3 heterocycles. The maximum Gasteiger partial charge on any atom is 0.278 e. The number of nitrogen functional groups attached to an aromatic ring is 1. The predicted molar refractivity (Wildman–Crippen MR) is 137 cm³/mol. The first-order chi connectivity index (χ1) is 16.9. The molecule has 0 fully saturated rings. The second-order valence-electron chi connectivity index (χ2n) is 8.40. The Morgan fingerprint density at radius 2 is 1.83 bits per heavy atom. The number of hydrogen-bond acceptors (Lipinski definition) is 6. The highest BCUT2D eigenvalue weighted by Crippen LogP contribution is 2.24. The van der Waals surface area contributed by atoms with E-state index >= 15 is 0 Å². The van der Waals surface area contributed by atoms with Crippen LogP contribution in [0.2, 0.25) is 5.02 Å². The molecule has 2 aromatic carbocycles. The Bertz CT molecular complexity index is 1470. The van der Waals surface area contributed by atoms with Crippen LogP contribution in [0.15, 0.2) is 71.8 Å². The number of rotatable bonds is 4. The van der Waals surface area contributed by atoms with E-state index in [0.29, 0.717) is 47.2 Å². The van der Waals surface area contributed by atoms with E-state index in [-0.39, 0.29) is 17.4 Å². The van der Waals surface area contributed by atoms with Gasteiger partial charge in [-0.25, -0.2) is 9.97 Å². The lowest BCUT2D eigenvalue weighted by Crippen LogP contribution is -2.37. The predicted octanol–water partition coefficient (Wildman–Crippen LogP) is 3.99. The number of nitrogens with zero attached hydrogens (tertiary/aromatic N) is 4. The van der Waals surface area contributed by atoms with Crippen LogP contribution in [-0.4, -0.2) is 27.0 Å². The number of carbonyl (C=O) groups excluding carboxylic acids is 1. The molecule has 1 aliphatic heterocycles. The number of benzene rings is 2. The monoisotopic (exact) mass is 486 g/mol. The molecule has 0 spiro atoms. The topological polar surface area (TPSA) is 106 Å². The largest absolute Gasteiger partial charge is 0.368 e. The minimum Gasteiger partial charge on any atom is -0.368 e. The number of hydrogen-bond donors (Lipinski definition) is 2. The molecule has 0 radical (unpaired) electrons. The number of nitrogens with one attached hydrogen (secondary N) is 1. The van der Waals surface area contributed by atoms with E-state index in [2.05, 4.69) is 20.2 Å². The molecule has 0 saturated carbocycles. The van der Waals surface area contributed by atoms with E-state index in [1.54, 1.807) is 65.5 Å². The summed E-state index contributed by atoms with van der Waals surface area (Å²) < 4.78 is 1.61. The van der Waals surface area contributed by atoms with Crippen LogP contribution < -0.4 is 21.5 Å². The summed E-state index contributed by atoms with van der Waals surface area (Å²) in [5, 5.41) is 3.43. The zero-order valence-electron chi connectivity index (χ0n) is 19.0. The van der Waals surface area contributed by atoms with Crippen molar-refractivity contribution in [2.45, 2.75) is 19.9 Å². The van der Waals surface area contributed by atoms with E-state index in [1.165, 1.54) is 0 Å². The molecule has 0 bridgehead atoms. The van der Waals surface area contributed by atoms with Crippen LogP contribution in [0.5, 0.6) is 0 Å². The van der Waals surface area contributed by atoms with Crippen molar-refractivity contribution in [3.63, 3.8) is 0 Å². The Hall–Kier alpha value is -4.17. The van der Waals surface area contributed by atoms with Crippen LogP contribution in [-0.2, 0) is 13.0 Å². The van der Waals surface area contributed by atoms with E-state index < -0.39 is 0 Å². The van der Waals surface area contributed by atoms with Crippen LogP contribution in [0.25, 0.3) is 5.69 Å². The standard InChI is InChI=1S/C26H23ClN6O2/c1-16-10-13-33(25(35)23(16)32-12-11-22-18(15-32)14-29-26(28)31-22)21-8-6-20(7-9-21)30-24(34)17-2-4-19(27)5-3-17/h2-10,13-14H,11-12,15H2,1H3,(H,30,34)(H2,28,29,31). The van der Waals surface area contributed by atoms with Gasteiger partial charge in [-0.3, -0.25) is 14.2 Å². The van der Waals surface area contributed by atoms with Crippen molar-refractivity contribution in [1.82, 2.24) is 14.5 Å². The van der Waals surface area contributed by atoms with Gasteiger partial charge in [-0.2, -0.15) is 0 Å². The summed E-state index contributed by atoms with van der Waals surface area (Å²) in [5.74, 6) is 0.0311. The van der Waals surface area contributed by atoms with E-state index in [9.17, 15) is 9.59 Å². The molecule has 176 valence electrons.